The average molecular weight is 376 g/mol. The zero-order valence-electron chi connectivity index (χ0n) is 15.3. The highest BCUT2D eigenvalue weighted by atomic mass is 19.1. The molecule has 3 atom stereocenters. The van der Waals surface area contributed by atoms with Crippen LogP contribution >= 0.6 is 0 Å². The van der Waals surface area contributed by atoms with E-state index in [1.807, 2.05) is 0 Å². The van der Waals surface area contributed by atoms with Crippen molar-refractivity contribution in [2.75, 3.05) is 0 Å². The van der Waals surface area contributed by atoms with Crippen molar-refractivity contribution < 1.29 is 19.1 Å². The molecule has 0 radical (unpaired) electrons. The standard InChI is InChI=1S/C24H21FO3/c25-19-9-5-15(6-10-19)7-11-23(26)20-2-1-3-21(24(27)28)22(20)14-18-13-16-4-8-17(18)12-16/h1-11,16-18H,12-14H2,(H,27,28)/b11-7+. The van der Waals surface area contributed by atoms with Crippen LogP contribution in [0.15, 0.2) is 60.7 Å². The summed E-state index contributed by atoms with van der Waals surface area (Å²) in [6, 6.07) is 10.7. The number of carboxylic acids is 1. The smallest absolute Gasteiger partial charge is 0.335 e. The van der Waals surface area contributed by atoms with Crippen LogP contribution in [0.3, 0.4) is 0 Å². The molecule has 28 heavy (non-hydrogen) atoms. The Morgan fingerprint density at radius 1 is 1.04 bits per heavy atom. The van der Waals surface area contributed by atoms with Gasteiger partial charge in [-0.15, -0.1) is 0 Å². The first-order chi connectivity index (χ1) is 13.5. The van der Waals surface area contributed by atoms with E-state index >= 15 is 0 Å². The van der Waals surface area contributed by atoms with Gasteiger partial charge in [-0.25, -0.2) is 9.18 Å². The van der Waals surface area contributed by atoms with E-state index in [2.05, 4.69) is 12.2 Å². The zero-order chi connectivity index (χ0) is 19.7. The first-order valence-corrected chi connectivity index (χ1v) is 9.53. The summed E-state index contributed by atoms with van der Waals surface area (Å²) in [4.78, 5) is 24.6. The second-order valence-electron chi connectivity index (χ2n) is 7.63. The van der Waals surface area contributed by atoms with Crippen LogP contribution in [0.2, 0.25) is 0 Å². The van der Waals surface area contributed by atoms with Gasteiger partial charge in [0.1, 0.15) is 5.82 Å². The minimum atomic E-state index is -1.01. The Morgan fingerprint density at radius 2 is 1.79 bits per heavy atom. The summed E-state index contributed by atoms with van der Waals surface area (Å²) >= 11 is 0. The van der Waals surface area contributed by atoms with Gasteiger partial charge in [-0.1, -0.05) is 42.5 Å². The molecule has 3 unspecified atom stereocenters. The quantitative estimate of drug-likeness (QED) is 0.430. The number of carboxylic acid groups (broad SMARTS) is 1. The molecule has 1 saturated carbocycles. The number of carbonyl (C=O) groups excluding carboxylic acids is 1. The van der Waals surface area contributed by atoms with E-state index in [1.54, 1.807) is 36.4 Å². The molecule has 1 fully saturated rings. The van der Waals surface area contributed by atoms with Crippen LogP contribution in [0.4, 0.5) is 4.39 Å². The molecule has 3 nitrogen and oxygen atoms in total. The van der Waals surface area contributed by atoms with Crippen LogP contribution < -0.4 is 0 Å². The maximum Gasteiger partial charge on any atom is 0.335 e. The second kappa shape index (κ2) is 7.55. The summed E-state index contributed by atoms with van der Waals surface area (Å²) < 4.78 is 13.0. The first-order valence-electron chi connectivity index (χ1n) is 9.53. The summed E-state index contributed by atoms with van der Waals surface area (Å²) in [5.41, 5.74) is 1.97. The number of hydrogen-bond donors (Lipinski definition) is 1. The fourth-order valence-electron chi connectivity index (χ4n) is 4.47. The topological polar surface area (TPSA) is 54.4 Å². The Balaban J connectivity index is 1.63. The van der Waals surface area contributed by atoms with Crippen molar-refractivity contribution in [1.82, 2.24) is 0 Å². The average Bonchev–Trinajstić information content (AvgIpc) is 3.30. The predicted molar refractivity (Wildman–Crippen MR) is 106 cm³/mol. The molecule has 142 valence electrons. The molecule has 0 spiro atoms. The molecule has 4 heteroatoms. The number of fused-ring (bicyclic) bond motifs is 2. The van der Waals surface area contributed by atoms with Crippen molar-refractivity contribution in [2.24, 2.45) is 17.8 Å². The number of carbonyl (C=O) groups is 2. The molecule has 2 aliphatic carbocycles. The molecule has 2 aliphatic rings. The summed E-state index contributed by atoms with van der Waals surface area (Å²) in [6.07, 6.45) is 10.3. The van der Waals surface area contributed by atoms with E-state index in [0.717, 1.165) is 12.8 Å². The van der Waals surface area contributed by atoms with Crippen molar-refractivity contribution in [2.45, 2.75) is 19.3 Å². The number of halogens is 1. The highest BCUT2D eigenvalue weighted by molar-refractivity contribution is 6.09. The lowest BCUT2D eigenvalue weighted by Crippen LogP contribution is -2.16. The summed E-state index contributed by atoms with van der Waals surface area (Å²) in [5.74, 6) is -0.135. The third-order valence-corrected chi connectivity index (χ3v) is 5.85. The van der Waals surface area contributed by atoms with E-state index in [9.17, 15) is 19.1 Å². The summed E-state index contributed by atoms with van der Waals surface area (Å²) in [6.45, 7) is 0. The van der Waals surface area contributed by atoms with Gasteiger partial charge in [0.05, 0.1) is 5.56 Å². The van der Waals surface area contributed by atoms with Crippen molar-refractivity contribution >= 4 is 17.8 Å². The van der Waals surface area contributed by atoms with Gasteiger partial charge in [-0.2, -0.15) is 0 Å². The number of aromatic carboxylic acids is 1. The molecular weight excluding hydrogens is 355 g/mol. The summed E-state index contributed by atoms with van der Waals surface area (Å²) in [5, 5.41) is 9.63. The van der Waals surface area contributed by atoms with E-state index in [4.69, 9.17) is 0 Å². The molecule has 2 bridgehead atoms. The monoisotopic (exact) mass is 376 g/mol. The molecule has 1 N–H and O–H groups in total. The van der Waals surface area contributed by atoms with Gasteiger partial charge >= 0.3 is 5.97 Å². The largest absolute Gasteiger partial charge is 0.478 e. The fourth-order valence-corrected chi connectivity index (χ4v) is 4.47. The summed E-state index contributed by atoms with van der Waals surface area (Å²) in [7, 11) is 0. The Labute approximate surface area is 163 Å². The second-order valence-corrected chi connectivity index (χ2v) is 7.63. The predicted octanol–water partition coefficient (Wildman–Crippen LogP) is 5.17. The Morgan fingerprint density at radius 3 is 2.43 bits per heavy atom. The van der Waals surface area contributed by atoms with E-state index in [-0.39, 0.29) is 17.2 Å². The van der Waals surface area contributed by atoms with Gasteiger partial charge in [0.25, 0.3) is 0 Å². The van der Waals surface area contributed by atoms with Gasteiger partial charge in [-0.3, -0.25) is 4.79 Å². The van der Waals surface area contributed by atoms with E-state index in [1.165, 1.54) is 18.2 Å². The molecule has 0 aromatic heterocycles. The van der Waals surface area contributed by atoms with Gasteiger partial charge in [0.2, 0.25) is 0 Å². The molecule has 0 heterocycles. The number of allylic oxidation sites excluding steroid dienone is 3. The Bertz CT molecular complexity index is 972. The van der Waals surface area contributed by atoms with Crippen LogP contribution in [-0.2, 0) is 6.42 Å². The molecule has 4 rings (SSSR count). The Hall–Kier alpha value is -3.01. The third kappa shape index (κ3) is 3.68. The lowest BCUT2D eigenvalue weighted by molar-refractivity contribution is 0.0695. The highest BCUT2D eigenvalue weighted by Crippen LogP contribution is 2.45. The van der Waals surface area contributed by atoms with Crippen molar-refractivity contribution in [1.29, 1.82) is 0 Å². The number of hydrogen-bond acceptors (Lipinski definition) is 2. The molecular formula is C24H21FO3. The number of ketones is 1. The maximum atomic E-state index is 13.0. The molecule has 2 aromatic rings. The van der Waals surface area contributed by atoms with Crippen molar-refractivity contribution in [3.63, 3.8) is 0 Å². The first kappa shape index (κ1) is 18.4. The van der Waals surface area contributed by atoms with Gasteiger partial charge in [0, 0.05) is 5.56 Å². The molecule has 2 aromatic carbocycles. The highest BCUT2D eigenvalue weighted by Gasteiger charge is 2.36. The third-order valence-electron chi connectivity index (χ3n) is 5.85. The molecule has 0 aliphatic heterocycles. The molecule has 0 amide bonds. The SMILES string of the molecule is O=C(O)c1cccc(C(=O)/C=C/c2ccc(F)cc2)c1CC1CC2C=CC1C2. The van der Waals surface area contributed by atoms with Crippen molar-refractivity contribution in [3.8, 4) is 0 Å². The van der Waals surface area contributed by atoms with Crippen molar-refractivity contribution in [3.05, 3.63) is 88.8 Å². The van der Waals surface area contributed by atoms with Crippen LogP contribution in [0.1, 0.15) is 44.7 Å². The normalized spacial score (nSPS) is 22.8. The number of rotatable bonds is 6. The van der Waals surface area contributed by atoms with Crippen LogP contribution in [0.25, 0.3) is 6.08 Å². The molecule has 0 saturated heterocycles. The van der Waals surface area contributed by atoms with Gasteiger partial charge < -0.3 is 5.11 Å². The minimum Gasteiger partial charge on any atom is -0.478 e. The zero-order valence-corrected chi connectivity index (χ0v) is 15.3. The van der Waals surface area contributed by atoms with Crippen LogP contribution in [-0.4, -0.2) is 16.9 Å². The van der Waals surface area contributed by atoms with E-state index < -0.39 is 5.97 Å². The number of benzene rings is 2. The van der Waals surface area contributed by atoms with Gasteiger partial charge in [-0.05, 0) is 72.4 Å². The lowest BCUT2D eigenvalue weighted by Gasteiger charge is -2.20. The van der Waals surface area contributed by atoms with Gasteiger partial charge in [0.15, 0.2) is 5.78 Å². The fraction of sp³-hybridized carbons (Fsp3) is 0.250. The lowest BCUT2D eigenvalue weighted by atomic mass is 9.83. The Kier molecular flexibility index (Phi) is 4.95. The van der Waals surface area contributed by atoms with Crippen LogP contribution in [0.5, 0.6) is 0 Å². The minimum absolute atomic E-state index is 0.202. The maximum absolute atomic E-state index is 13.0. The van der Waals surface area contributed by atoms with E-state index in [0.29, 0.717) is 40.9 Å². The van der Waals surface area contributed by atoms with Crippen LogP contribution in [0, 0.1) is 23.6 Å².